The van der Waals surface area contributed by atoms with Crippen LogP contribution in [0.1, 0.15) is 37.8 Å². The number of nitrogens with one attached hydrogen (secondary N) is 1. The van der Waals surface area contributed by atoms with Gasteiger partial charge in [0, 0.05) is 10.7 Å². The normalized spacial score (nSPS) is 14.4. The van der Waals surface area contributed by atoms with E-state index in [4.69, 9.17) is 11.6 Å². The third-order valence-electron chi connectivity index (χ3n) is 5.43. The molecule has 1 fully saturated rings. The van der Waals surface area contributed by atoms with Crippen LogP contribution in [0.4, 0.5) is 10.5 Å². The smallest absolute Gasteiger partial charge is 0.289 e. The third kappa shape index (κ3) is 4.49. The summed E-state index contributed by atoms with van der Waals surface area (Å²) in [6, 6.07) is 14.6. The zero-order valence-corrected chi connectivity index (χ0v) is 18.0. The molecule has 0 saturated carbocycles. The molecule has 0 spiro atoms. The molecule has 0 bridgehead atoms. The Labute approximate surface area is 179 Å². The Kier molecular flexibility index (Phi) is 6.65. The summed E-state index contributed by atoms with van der Waals surface area (Å²) in [6.07, 6.45) is 1.32. The van der Waals surface area contributed by atoms with E-state index in [-0.39, 0.29) is 29.4 Å². The summed E-state index contributed by atoms with van der Waals surface area (Å²) >= 11 is 7.03. The maximum atomic E-state index is 13.2. The molecule has 0 atom stereocenters. The van der Waals surface area contributed by atoms with Gasteiger partial charge in [-0.1, -0.05) is 61.5 Å². The van der Waals surface area contributed by atoms with Crippen molar-refractivity contribution >= 4 is 46.1 Å². The summed E-state index contributed by atoms with van der Waals surface area (Å²) in [6.45, 7) is 4.25. The number of benzene rings is 2. The van der Waals surface area contributed by atoms with Gasteiger partial charge in [0.1, 0.15) is 0 Å². The number of hydrogen-bond acceptors (Lipinski definition) is 4. The van der Waals surface area contributed by atoms with Crippen LogP contribution in [-0.4, -0.2) is 27.7 Å². The van der Waals surface area contributed by atoms with Gasteiger partial charge in [0.25, 0.3) is 5.24 Å². The van der Waals surface area contributed by atoms with Gasteiger partial charge in [-0.15, -0.1) is 0 Å². The Balaban J connectivity index is 1.74. The second kappa shape index (κ2) is 9.01. The lowest BCUT2D eigenvalue weighted by atomic mass is 9.75. The number of carbonyl (C=O) groups excluding carboxylic acids is 3. The summed E-state index contributed by atoms with van der Waals surface area (Å²) < 4.78 is 0. The number of anilines is 1. The molecule has 1 heterocycles. The molecule has 1 aliphatic rings. The van der Waals surface area contributed by atoms with E-state index in [9.17, 15) is 14.4 Å². The number of halogens is 1. The van der Waals surface area contributed by atoms with Gasteiger partial charge in [0.05, 0.1) is 17.7 Å². The minimum absolute atomic E-state index is 0.0705. The predicted molar refractivity (Wildman–Crippen MR) is 117 cm³/mol. The van der Waals surface area contributed by atoms with Crippen molar-refractivity contribution in [2.45, 2.75) is 38.6 Å². The van der Waals surface area contributed by atoms with Crippen molar-refractivity contribution in [1.82, 2.24) is 4.90 Å². The number of amides is 3. The maximum Gasteiger partial charge on any atom is 0.289 e. The average molecular weight is 431 g/mol. The highest BCUT2D eigenvalue weighted by molar-refractivity contribution is 8.14. The molecule has 3 amide bonds. The van der Waals surface area contributed by atoms with E-state index in [0.717, 1.165) is 22.9 Å². The summed E-state index contributed by atoms with van der Waals surface area (Å²) in [5.74, 6) is -0.0387. The molecule has 0 aliphatic carbocycles. The molecule has 29 heavy (non-hydrogen) atoms. The Morgan fingerprint density at radius 3 is 2.21 bits per heavy atom. The van der Waals surface area contributed by atoms with Crippen molar-refractivity contribution in [3.8, 4) is 0 Å². The minimum atomic E-state index is -0.644. The molecule has 0 radical (unpaired) electrons. The molecule has 0 unspecified atom stereocenters. The first kappa shape index (κ1) is 21.4. The fourth-order valence-corrected chi connectivity index (χ4v) is 4.39. The van der Waals surface area contributed by atoms with Crippen LogP contribution < -0.4 is 5.32 Å². The van der Waals surface area contributed by atoms with Crippen molar-refractivity contribution in [2.24, 2.45) is 0 Å². The lowest BCUT2D eigenvalue weighted by molar-refractivity contribution is -0.125. The molecule has 0 aromatic heterocycles. The van der Waals surface area contributed by atoms with Crippen LogP contribution in [0.15, 0.2) is 48.5 Å². The minimum Gasteiger partial charge on any atom is -0.325 e. The zero-order valence-electron chi connectivity index (χ0n) is 16.4. The maximum absolute atomic E-state index is 13.2. The molecule has 5 nitrogen and oxygen atoms in total. The summed E-state index contributed by atoms with van der Waals surface area (Å²) in [4.78, 5) is 37.9. The number of imide groups is 1. The first-order chi connectivity index (χ1) is 13.9. The van der Waals surface area contributed by atoms with Crippen LogP contribution >= 0.6 is 23.4 Å². The Morgan fingerprint density at radius 2 is 1.69 bits per heavy atom. The van der Waals surface area contributed by atoms with Crippen LogP contribution in [0, 0.1) is 0 Å². The van der Waals surface area contributed by atoms with E-state index in [0.29, 0.717) is 23.6 Å². The fraction of sp³-hybridized carbons (Fsp3) is 0.318. The Hall–Kier alpha value is -2.31. The first-order valence-electron chi connectivity index (χ1n) is 9.53. The topological polar surface area (TPSA) is 66.5 Å². The van der Waals surface area contributed by atoms with Gasteiger partial charge in [0.2, 0.25) is 11.8 Å². The lowest BCUT2D eigenvalue weighted by Gasteiger charge is -2.31. The van der Waals surface area contributed by atoms with Gasteiger partial charge in [-0.25, -0.2) is 0 Å². The third-order valence-corrected chi connectivity index (χ3v) is 6.54. The van der Waals surface area contributed by atoms with Crippen LogP contribution in [0.2, 0.25) is 5.02 Å². The highest BCUT2D eigenvalue weighted by Gasteiger charge is 2.36. The Bertz CT molecular complexity index is 893. The van der Waals surface area contributed by atoms with Gasteiger partial charge >= 0.3 is 0 Å². The second-order valence-corrected chi connectivity index (χ2v) is 8.34. The predicted octanol–water partition coefficient (Wildman–Crippen LogP) is 5.23. The van der Waals surface area contributed by atoms with Crippen molar-refractivity contribution in [3.63, 3.8) is 0 Å². The van der Waals surface area contributed by atoms with Gasteiger partial charge in [0.15, 0.2) is 0 Å². The molecule has 3 rings (SSSR count). The molecule has 152 valence electrons. The van der Waals surface area contributed by atoms with E-state index in [1.54, 1.807) is 24.3 Å². The van der Waals surface area contributed by atoms with Crippen molar-refractivity contribution in [2.75, 3.05) is 11.1 Å². The molecule has 1 N–H and O–H groups in total. The fourth-order valence-electron chi connectivity index (χ4n) is 3.54. The largest absolute Gasteiger partial charge is 0.325 e. The summed E-state index contributed by atoms with van der Waals surface area (Å²) in [7, 11) is 0. The highest BCUT2D eigenvalue weighted by atomic mass is 35.5. The molecular weight excluding hydrogens is 408 g/mol. The number of carbonyl (C=O) groups is 3. The summed E-state index contributed by atoms with van der Waals surface area (Å²) in [5.41, 5.74) is 1.80. The van der Waals surface area contributed by atoms with Crippen molar-refractivity contribution in [1.29, 1.82) is 0 Å². The van der Waals surface area contributed by atoms with Gasteiger partial charge in [-0.05, 0) is 48.2 Å². The van der Waals surface area contributed by atoms with Crippen LogP contribution in [0.25, 0.3) is 0 Å². The first-order valence-corrected chi connectivity index (χ1v) is 10.9. The number of hydrogen-bond donors (Lipinski definition) is 1. The monoisotopic (exact) mass is 430 g/mol. The van der Waals surface area contributed by atoms with Crippen molar-refractivity contribution < 1.29 is 14.4 Å². The SMILES string of the molecule is CCC(CC)(C(=O)Nc1ccc(CN2C(=O)CSC2=O)cc1)c1ccc(Cl)cc1. The van der Waals surface area contributed by atoms with Gasteiger partial charge in [-0.2, -0.15) is 0 Å². The second-order valence-electron chi connectivity index (χ2n) is 6.98. The van der Waals surface area contributed by atoms with Crippen LogP contribution in [0.5, 0.6) is 0 Å². The van der Waals surface area contributed by atoms with Crippen LogP contribution in [-0.2, 0) is 21.5 Å². The van der Waals surface area contributed by atoms with E-state index in [2.05, 4.69) is 5.32 Å². The molecule has 7 heteroatoms. The number of rotatable bonds is 7. The molecule has 1 aliphatic heterocycles. The molecule has 1 saturated heterocycles. The molecular formula is C22H23ClN2O3S. The summed E-state index contributed by atoms with van der Waals surface area (Å²) in [5, 5.41) is 3.43. The van der Waals surface area contributed by atoms with Crippen LogP contribution in [0.3, 0.4) is 0 Å². The standard InChI is InChI=1S/C22H23ClN2O3S/c1-3-22(4-2,16-7-9-17(23)10-8-16)20(27)24-18-11-5-15(6-12-18)13-25-19(26)14-29-21(25)28/h5-12H,3-4,13-14H2,1-2H3,(H,24,27). The lowest BCUT2D eigenvalue weighted by Crippen LogP contribution is -2.39. The molecule has 2 aromatic carbocycles. The van der Waals surface area contributed by atoms with Gasteiger partial charge < -0.3 is 5.32 Å². The van der Waals surface area contributed by atoms with E-state index >= 15 is 0 Å². The Morgan fingerprint density at radius 1 is 1.07 bits per heavy atom. The number of thioether (sulfide) groups is 1. The van der Waals surface area contributed by atoms with Crippen molar-refractivity contribution in [3.05, 3.63) is 64.7 Å². The average Bonchev–Trinajstić information content (AvgIpc) is 3.04. The van der Waals surface area contributed by atoms with E-state index < -0.39 is 5.41 Å². The zero-order chi connectivity index (χ0) is 21.0. The number of nitrogens with zero attached hydrogens (tertiary/aromatic N) is 1. The quantitative estimate of drug-likeness (QED) is 0.652. The van der Waals surface area contributed by atoms with Gasteiger partial charge in [-0.3, -0.25) is 19.3 Å². The molecule has 2 aromatic rings. The van der Waals surface area contributed by atoms with E-state index in [1.807, 2.05) is 38.1 Å². The highest BCUT2D eigenvalue weighted by Crippen LogP contribution is 2.34. The van der Waals surface area contributed by atoms with E-state index in [1.165, 1.54) is 4.90 Å².